The molecule has 2 N–H and O–H groups in total. The first-order valence-electron chi connectivity index (χ1n) is 5.05. The molecule has 1 aromatic heterocycles. The third kappa shape index (κ3) is 4.22. The predicted octanol–water partition coefficient (Wildman–Crippen LogP) is 0.0396. The molecule has 0 aliphatic heterocycles. The third-order valence-corrected chi connectivity index (χ3v) is 2.00. The third-order valence-electron chi connectivity index (χ3n) is 2.00. The van der Waals surface area contributed by atoms with Crippen molar-refractivity contribution >= 4 is 11.9 Å². The number of methoxy groups -OCH3 is 1. The van der Waals surface area contributed by atoms with Crippen LogP contribution in [0.4, 0.5) is 5.95 Å². The second kappa shape index (κ2) is 6.73. The molecule has 0 aromatic carbocycles. The first-order valence-corrected chi connectivity index (χ1v) is 5.05. The molecule has 0 unspecified atom stereocenters. The van der Waals surface area contributed by atoms with E-state index in [9.17, 15) is 4.79 Å². The second-order valence-electron chi connectivity index (χ2n) is 3.17. The Labute approximate surface area is 94.4 Å². The largest absolute Gasteiger partial charge is 0.372 e. The van der Waals surface area contributed by atoms with Gasteiger partial charge in [-0.15, -0.1) is 0 Å². The summed E-state index contributed by atoms with van der Waals surface area (Å²) in [6.45, 7) is 2.78. The number of rotatable bonds is 6. The lowest BCUT2D eigenvalue weighted by Crippen LogP contribution is -2.36. The zero-order chi connectivity index (χ0) is 11.8. The van der Waals surface area contributed by atoms with Crippen LogP contribution in [-0.4, -0.2) is 42.2 Å². The van der Waals surface area contributed by atoms with Gasteiger partial charge in [-0.2, -0.15) is 0 Å². The van der Waals surface area contributed by atoms with Gasteiger partial charge in [-0.1, -0.05) is 0 Å². The Morgan fingerprint density at radius 2 is 2.12 bits per heavy atom. The van der Waals surface area contributed by atoms with Gasteiger partial charge in [0.25, 0.3) is 0 Å². The van der Waals surface area contributed by atoms with Crippen molar-refractivity contribution in [3.05, 3.63) is 18.5 Å². The highest BCUT2D eigenvalue weighted by atomic mass is 16.5. The molecule has 1 rings (SSSR count). The summed E-state index contributed by atoms with van der Waals surface area (Å²) >= 11 is 0. The Balaban J connectivity index is 2.15. The molecular formula is C10H16N4O2. The molecule has 0 aliphatic carbocycles. The quantitative estimate of drug-likeness (QED) is 0.667. The van der Waals surface area contributed by atoms with E-state index in [0.29, 0.717) is 19.0 Å². The number of carbonyl (C=O) groups excluding carboxylic acids is 1. The molecule has 0 aliphatic rings. The average Bonchev–Trinajstić information content (AvgIpc) is 2.34. The number of nitrogens with one attached hydrogen (secondary N) is 2. The summed E-state index contributed by atoms with van der Waals surface area (Å²) in [5.74, 6) is 0.426. The summed E-state index contributed by atoms with van der Waals surface area (Å²) < 4.78 is 4.87. The number of hydrogen-bond donors (Lipinski definition) is 2. The van der Waals surface area contributed by atoms with Crippen LogP contribution in [0.2, 0.25) is 0 Å². The Kier molecular flexibility index (Phi) is 5.21. The smallest absolute Gasteiger partial charge is 0.248 e. The van der Waals surface area contributed by atoms with Gasteiger partial charge in [-0.05, 0) is 13.0 Å². The standard InChI is InChI=1S/C10H16N4O2/c1-8(16-2)9(15)11-6-7-14-10-12-4-3-5-13-10/h3-5,8H,6-7H2,1-2H3,(H,11,15)(H,12,13,14)/t8-/m0/s1. The van der Waals surface area contributed by atoms with Crippen LogP contribution < -0.4 is 10.6 Å². The summed E-state index contributed by atoms with van der Waals surface area (Å²) in [4.78, 5) is 19.3. The van der Waals surface area contributed by atoms with E-state index in [-0.39, 0.29) is 5.91 Å². The van der Waals surface area contributed by atoms with Crippen LogP contribution in [0.15, 0.2) is 18.5 Å². The average molecular weight is 224 g/mol. The lowest BCUT2D eigenvalue weighted by Gasteiger charge is -2.10. The van der Waals surface area contributed by atoms with Crippen LogP contribution in [0.1, 0.15) is 6.92 Å². The van der Waals surface area contributed by atoms with Crippen molar-refractivity contribution in [2.24, 2.45) is 0 Å². The fraction of sp³-hybridized carbons (Fsp3) is 0.500. The van der Waals surface area contributed by atoms with Crippen molar-refractivity contribution in [2.75, 3.05) is 25.5 Å². The van der Waals surface area contributed by atoms with Crippen LogP contribution >= 0.6 is 0 Å². The van der Waals surface area contributed by atoms with Crippen molar-refractivity contribution in [2.45, 2.75) is 13.0 Å². The molecule has 1 heterocycles. The molecule has 16 heavy (non-hydrogen) atoms. The number of amides is 1. The van der Waals surface area contributed by atoms with Crippen LogP contribution in [-0.2, 0) is 9.53 Å². The van der Waals surface area contributed by atoms with Crippen molar-refractivity contribution < 1.29 is 9.53 Å². The second-order valence-corrected chi connectivity index (χ2v) is 3.17. The Morgan fingerprint density at radius 3 is 2.75 bits per heavy atom. The minimum atomic E-state index is -0.423. The number of carbonyl (C=O) groups is 1. The molecule has 88 valence electrons. The number of nitrogens with zero attached hydrogens (tertiary/aromatic N) is 2. The van der Waals surface area contributed by atoms with E-state index < -0.39 is 6.10 Å². The minimum Gasteiger partial charge on any atom is -0.372 e. The van der Waals surface area contributed by atoms with Crippen LogP contribution in [0, 0.1) is 0 Å². The van der Waals surface area contributed by atoms with Crippen LogP contribution in [0.3, 0.4) is 0 Å². The molecule has 0 fully saturated rings. The lowest BCUT2D eigenvalue weighted by molar-refractivity contribution is -0.129. The molecule has 0 radical (unpaired) electrons. The molecule has 0 spiro atoms. The van der Waals surface area contributed by atoms with Crippen molar-refractivity contribution in [1.29, 1.82) is 0 Å². The van der Waals surface area contributed by atoms with Gasteiger partial charge in [0.05, 0.1) is 0 Å². The summed E-state index contributed by atoms with van der Waals surface area (Å²) in [6, 6.07) is 1.74. The first-order chi connectivity index (χ1) is 7.74. The number of ether oxygens (including phenoxy) is 1. The fourth-order valence-corrected chi connectivity index (χ4v) is 1.00. The molecule has 1 atom stereocenters. The summed E-state index contributed by atoms with van der Waals surface area (Å²) in [7, 11) is 1.50. The summed E-state index contributed by atoms with van der Waals surface area (Å²) in [6.07, 6.45) is 2.88. The van der Waals surface area contributed by atoms with Crippen LogP contribution in [0.25, 0.3) is 0 Å². The van der Waals surface area contributed by atoms with Gasteiger partial charge < -0.3 is 15.4 Å². The van der Waals surface area contributed by atoms with Gasteiger partial charge in [0.2, 0.25) is 11.9 Å². The normalized spacial score (nSPS) is 11.9. The highest BCUT2D eigenvalue weighted by molar-refractivity contribution is 5.80. The Hall–Kier alpha value is -1.69. The highest BCUT2D eigenvalue weighted by Crippen LogP contribution is 1.92. The van der Waals surface area contributed by atoms with E-state index in [1.54, 1.807) is 25.4 Å². The maximum Gasteiger partial charge on any atom is 0.248 e. The fourth-order valence-electron chi connectivity index (χ4n) is 1.00. The van der Waals surface area contributed by atoms with E-state index in [0.717, 1.165) is 0 Å². The molecule has 6 heteroatoms. The molecule has 0 saturated heterocycles. The molecule has 1 amide bonds. The maximum atomic E-state index is 11.3. The van der Waals surface area contributed by atoms with Gasteiger partial charge in [0.15, 0.2) is 0 Å². The SMILES string of the molecule is CO[C@@H](C)C(=O)NCCNc1ncccn1. The molecule has 0 saturated carbocycles. The van der Waals surface area contributed by atoms with E-state index in [1.807, 2.05) is 0 Å². The summed E-state index contributed by atoms with van der Waals surface area (Å²) in [5, 5.41) is 5.70. The lowest BCUT2D eigenvalue weighted by atomic mass is 10.4. The van der Waals surface area contributed by atoms with E-state index in [1.165, 1.54) is 7.11 Å². The zero-order valence-corrected chi connectivity index (χ0v) is 9.43. The number of anilines is 1. The first kappa shape index (κ1) is 12.4. The molecular weight excluding hydrogens is 208 g/mol. The van der Waals surface area contributed by atoms with E-state index in [2.05, 4.69) is 20.6 Å². The highest BCUT2D eigenvalue weighted by Gasteiger charge is 2.09. The van der Waals surface area contributed by atoms with E-state index in [4.69, 9.17) is 4.74 Å². The Morgan fingerprint density at radius 1 is 1.44 bits per heavy atom. The summed E-state index contributed by atoms with van der Waals surface area (Å²) in [5.41, 5.74) is 0. The van der Waals surface area contributed by atoms with Crippen molar-refractivity contribution in [3.8, 4) is 0 Å². The van der Waals surface area contributed by atoms with Crippen molar-refractivity contribution in [3.63, 3.8) is 0 Å². The monoisotopic (exact) mass is 224 g/mol. The van der Waals surface area contributed by atoms with E-state index >= 15 is 0 Å². The predicted molar refractivity (Wildman–Crippen MR) is 60.0 cm³/mol. The molecule has 1 aromatic rings. The van der Waals surface area contributed by atoms with Gasteiger partial charge in [0.1, 0.15) is 6.10 Å². The van der Waals surface area contributed by atoms with Gasteiger partial charge in [-0.3, -0.25) is 4.79 Å². The van der Waals surface area contributed by atoms with Crippen LogP contribution in [0.5, 0.6) is 0 Å². The van der Waals surface area contributed by atoms with Gasteiger partial charge in [-0.25, -0.2) is 9.97 Å². The topological polar surface area (TPSA) is 76.1 Å². The molecule has 0 bridgehead atoms. The minimum absolute atomic E-state index is 0.127. The number of aromatic nitrogens is 2. The van der Waals surface area contributed by atoms with Crippen molar-refractivity contribution in [1.82, 2.24) is 15.3 Å². The van der Waals surface area contributed by atoms with Gasteiger partial charge >= 0.3 is 0 Å². The number of hydrogen-bond acceptors (Lipinski definition) is 5. The van der Waals surface area contributed by atoms with Gasteiger partial charge in [0, 0.05) is 32.6 Å². The maximum absolute atomic E-state index is 11.3. The Bertz CT molecular complexity index is 318. The molecule has 6 nitrogen and oxygen atoms in total. The zero-order valence-electron chi connectivity index (χ0n) is 9.43.